The molecule has 0 amide bonds. The average Bonchev–Trinajstić information content (AvgIpc) is 3.32. The fourth-order valence-corrected chi connectivity index (χ4v) is 4.08. The van der Waals surface area contributed by atoms with E-state index in [1.54, 1.807) is 20.4 Å². The zero-order chi connectivity index (χ0) is 23.4. The molecule has 0 saturated carbocycles. The molecular weight excluding hydrogens is 416 g/mol. The van der Waals surface area contributed by atoms with Crippen LogP contribution in [-0.2, 0) is 23.6 Å². The van der Waals surface area contributed by atoms with Crippen LogP contribution in [0.2, 0.25) is 0 Å². The van der Waals surface area contributed by atoms with Gasteiger partial charge in [0.2, 0.25) is 0 Å². The van der Waals surface area contributed by atoms with Crippen molar-refractivity contribution in [1.29, 1.82) is 0 Å². The number of hydrogen-bond donors (Lipinski definition) is 2. The van der Waals surface area contributed by atoms with Crippen LogP contribution in [0.4, 0.5) is 0 Å². The second kappa shape index (κ2) is 9.65. The summed E-state index contributed by atoms with van der Waals surface area (Å²) in [7, 11) is 3.24. The van der Waals surface area contributed by atoms with Crippen LogP contribution in [0.1, 0.15) is 36.5 Å². The fraction of sp³-hybridized carbons (Fsp3) is 0.296. The first-order valence-corrected chi connectivity index (χ1v) is 11.0. The van der Waals surface area contributed by atoms with E-state index < -0.39 is 5.60 Å². The van der Waals surface area contributed by atoms with Crippen LogP contribution < -0.4 is 9.47 Å². The molecule has 6 nitrogen and oxygen atoms in total. The van der Waals surface area contributed by atoms with Crippen LogP contribution in [0.15, 0.2) is 66.9 Å². The predicted molar refractivity (Wildman–Crippen MR) is 128 cm³/mol. The van der Waals surface area contributed by atoms with Crippen molar-refractivity contribution in [3.8, 4) is 11.5 Å². The van der Waals surface area contributed by atoms with Gasteiger partial charge in [0.05, 0.1) is 32.7 Å². The summed E-state index contributed by atoms with van der Waals surface area (Å²) in [6.07, 6.45) is 1.69. The Hall–Kier alpha value is -3.35. The Kier molecular flexibility index (Phi) is 6.67. The molecule has 1 aromatic heterocycles. The van der Waals surface area contributed by atoms with E-state index in [2.05, 4.69) is 9.97 Å². The largest absolute Gasteiger partial charge is 0.493 e. The Morgan fingerprint density at radius 1 is 0.909 bits per heavy atom. The lowest BCUT2D eigenvalue weighted by atomic mass is 9.80. The maximum atomic E-state index is 11.9. The van der Waals surface area contributed by atoms with Gasteiger partial charge in [-0.05, 0) is 46.0 Å². The number of hydrogen-bond acceptors (Lipinski definition) is 5. The summed E-state index contributed by atoms with van der Waals surface area (Å²) >= 11 is 0. The molecule has 0 aliphatic heterocycles. The van der Waals surface area contributed by atoms with Crippen LogP contribution in [-0.4, -0.2) is 29.3 Å². The quantitative estimate of drug-likeness (QED) is 0.370. The lowest BCUT2D eigenvalue weighted by Gasteiger charge is -2.32. The third-order valence-electron chi connectivity index (χ3n) is 6.01. The minimum absolute atomic E-state index is 0.103. The molecule has 3 aromatic carbocycles. The number of nitrogens with one attached hydrogen (secondary N) is 1. The van der Waals surface area contributed by atoms with Gasteiger partial charge < -0.3 is 24.3 Å². The van der Waals surface area contributed by atoms with Gasteiger partial charge in [0.1, 0.15) is 18.0 Å². The van der Waals surface area contributed by atoms with Gasteiger partial charge >= 0.3 is 0 Å². The SMILES string of the molecule is COc1cc2ccc(C(O)(c3cnc(COCc4ccccc4)[nH]3)C(C)C)cc2cc1OC. The van der Waals surface area contributed by atoms with E-state index >= 15 is 0 Å². The number of imidazole rings is 1. The first kappa shape index (κ1) is 22.8. The molecule has 0 aliphatic carbocycles. The summed E-state index contributed by atoms with van der Waals surface area (Å²) in [5.41, 5.74) is 1.27. The molecule has 4 rings (SSSR count). The highest BCUT2D eigenvalue weighted by Gasteiger charge is 2.37. The van der Waals surface area contributed by atoms with E-state index in [0.29, 0.717) is 36.2 Å². The Balaban J connectivity index is 1.61. The van der Waals surface area contributed by atoms with Crippen molar-refractivity contribution in [3.05, 3.63) is 89.5 Å². The van der Waals surface area contributed by atoms with Crippen molar-refractivity contribution in [2.24, 2.45) is 5.92 Å². The summed E-state index contributed by atoms with van der Waals surface area (Å²) in [4.78, 5) is 7.73. The van der Waals surface area contributed by atoms with Crippen LogP contribution in [0.3, 0.4) is 0 Å². The molecule has 2 N–H and O–H groups in total. The maximum Gasteiger partial charge on any atom is 0.161 e. The molecule has 0 radical (unpaired) electrons. The number of methoxy groups -OCH3 is 2. The predicted octanol–water partition coefficient (Wildman–Crippen LogP) is 5.19. The number of fused-ring (bicyclic) bond motifs is 1. The lowest BCUT2D eigenvalue weighted by molar-refractivity contribution is 0.0276. The number of nitrogens with zero attached hydrogens (tertiary/aromatic N) is 1. The van der Waals surface area contributed by atoms with Gasteiger partial charge in [-0.1, -0.05) is 56.3 Å². The molecule has 1 heterocycles. The molecule has 0 bridgehead atoms. The third kappa shape index (κ3) is 4.58. The Bertz CT molecular complexity index is 1220. The Morgan fingerprint density at radius 2 is 1.61 bits per heavy atom. The maximum absolute atomic E-state index is 11.9. The summed E-state index contributed by atoms with van der Waals surface area (Å²) in [6, 6.07) is 19.8. The van der Waals surface area contributed by atoms with Crippen molar-refractivity contribution in [3.63, 3.8) is 0 Å². The third-order valence-corrected chi connectivity index (χ3v) is 6.01. The van der Waals surface area contributed by atoms with Crippen molar-refractivity contribution in [2.75, 3.05) is 14.2 Å². The Morgan fingerprint density at radius 3 is 2.27 bits per heavy atom. The van der Waals surface area contributed by atoms with Crippen LogP contribution in [0, 0.1) is 5.92 Å². The number of aliphatic hydroxyl groups is 1. The topological polar surface area (TPSA) is 76.6 Å². The van der Waals surface area contributed by atoms with Crippen LogP contribution in [0.5, 0.6) is 11.5 Å². The van der Waals surface area contributed by atoms with Gasteiger partial charge in [0.15, 0.2) is 11.5 Å². The first-order valence-electron chi connectivity index (χ1n) is 11.0. The highest BCUT2D eigenvalue weighted by atomic mass is 16.5. The highest BCUT2D eigenvalue weighted by molar-refractivity contribution is 5.87. The zero-order valence-corrected chi connectivity index (χ0v) is 19.5. The number of benzene rings is 3. The fourth-order valence-electron chi connectivity index (χ4n) is 4.08. The molecular formula is C27H30N2O4. The van der Waals surface area contributed by atoms with Gasteiger partial charge in [-0.2, -0.15) is 0 Å². The number of ether oxygens (including phenoxy) is 3. The van der Waals surface area contributed by atoms with E-state index in [4.69, 9.17) is 14.2 Å². The molecule has 0 spiro atoms. The lowest BCUT2D eigenvalue weighted by Crippen LogP contribution is -2.34. The second-order valence-corrected chi connectivity index (χ2v) is 8.41. The summed E-state index contributed by atoms with van der Waals surface area (Å²) in [5, 5.41) is 13.8. The molecule has 1 atom stereocenters. The second-order valence-electron chi connectivity index (χ2n) is 8.41. The Labute approximate surface area is 194 Å². The molecule has 6 heteroatoms. The monoisotopic (exact) mass is 446 g/mol. The number of aromatic amines is 1. The summed E-state index contributed by atoms with van der Waals surface area (Å²) in [6.45, 7) is 4.81. The van der Waals surface area contributed by atoms with Crippen LogP contribution in [0.25, 0.3) is 10.8 Å². The van der Waals surface area contributed by atoms with E-state index in [9.17, 15) is 5.11 Å². The number of H-pyrrole nitrogens is 1. The average molecular weight is 447 g/mol. The zero-order valence-electron chi connectivity index (χ0n) is 19.5. The normalized spacial score (nSPS) is 13.3. The minimum Gasteiger partial charge on any atom is -0.493 e. The van der Waals surface area contributed by atoms with Gasteiger partial charge in [-0.25, -0.2) is 4.98 Å². The number of rotatable bonds is 9. The summed E-state index contributed by atoms with van der Waals surface area (Å²) < 4.78 is 16.7. The molecule has 0 aliphatic rings. The summed E-state index contributed by atoms with van der Waals surface area (Å²) in [5.74, 6) is 1.89. The van der Waals surface area contributed by atoms with Crippen molar-refractivity contribution in [1.82, 2.24) is 9.97 Å². The van der Waals surface area contributed by atoms with Gasteiger partial charge in [0.25, 0.3) is 0 Å². The van der Waals surface area contributed by atoms with Crippen molar-refractivity contribution in [2.45, 2.75) is 32.7 Å². The molecule has 172 valence electrons. The van der Waals surface area contributed by atoms with E-state index in [1.807, 2.05) is 74.5 Å². The molecule has 0 fully saturated rings. The van der Waals surface area contributed by atoms with Crippen LogP contribution >= 0.6 is 0 Å². The molecule has 1 unspecified atom stereocenters. The number of aromatic nitrogens is 2. The molecule has 4 aromatic rings. The molecule has 0 saturated heterocycles. The van der Waals surface area contributed by atoms with Crippen molar-refractivity contribution < 1.29 is 19.3 Å². The minimum atomic E-state index is -1.24. The van der Waals surface area contributed by atoms with E-state index in [0.717, 1.165) is 21.9 Å². The van der Waals surface area contributed by atoms with Gasteiger partial charge in [0, 0.05) is 0 Å². The van der Waals surface area contributed by atoms with Gasteiger partial charge in [-0.15, -0.1) is 0 Å². The van der Waals surface area contributed by atoms with Gasteiger partial charge in [-0.3, -0.25) is 0 Å². The van der Waals surface area contributed by atoms with Crippen molar-refractivity contribution >= 4 is 10.8 Å². The standard InChI is InChI=1S/C27H30N2O4/c1-18(2)27(30,22-11-10-20-13-23(31-3)24(32-4)14-21(20)12-22)25-15-28-26(29-25)17-33-16-19-8-6-5-7-9-19/h5-15,18,30H,16-17H2,1-4H3,(H,28,29). The smallest absolute Gasteiger partial charge is 0.161 e. The first-order chi connectivity index (χ1) is 16.0. The molecule has 33 heavy (non-hydrogen) atoms. The van der Waals surface area contributed by atoms with E-state index in [-0.39, 0.29) is 5.92 Å². The van der Waals surface area contributed by atoms with E-state index in [1.165, 1.54) is 0 Å². The highest BCUT2D eigenvalue weighted by Crippen LogP contribution is 2.39.